The van der Waals surface area contributed by atoms with Crippen LogP contribution in [0.2, 0.25) is 0 Å². The number of aliphatic hydroxyl groups excluding tert-OH is 1. The normalized spacial score (nSPS) is 13.4. The number of unbranched alkanes of at least 4 members (excludes halogenated alkanes) is 17. The third-order valence-electron chi connectivity index (χ3n) is 11.8. The first-order valence-corrected chi connectivity index (χ1v) is 29.0. The second kappa shape index (κ2) is 60.8. The molecule has 72 heavy (non-hydrogen) atoms. The lowest BCUT2D eigenvalue weighted by Gasteiger charge is -2.15. The molecule has 0 saturated heterocycles. The lowest BCUT2D eigenvalue weighted by Crippen LogP contribution is -2.28. The topological polar surface area (TPSA) is 72.8 Å². The number of carbonyl (C=O) groups excluding carboxylic acids is 2. The van der Waals surface area contributed by atoms with E-state index in [1.807, 2.05) is 0 Å². The highest BCUT2D eigenvalue weighted by molar-refractivity contribution is 5.70. The quantitative estimate of drug-likeness (QED) is 0.0373. The van der Waals surface area contributed by atoms with E-state index in [0.717, 1.165) is 135 Å². The molecular formula is C67H106O5. The molecule has 1 N–H and O–H groups in total. The molecule has 0 radical (unpaired) electrons. The summed E-state index contributed by atoms with van der Waals surface area (Å²) < 4.78 is 10.7. The molecule has 0 aliphatic rings. The fourth-order valence-corrected chi connectivity index (χ4v) is 7.54. The molecular weight excluding hydrogens is 885 g/mol. The van der Waals surface area contributed by atoms with Crippen LogP contribution in [0.4, 0.5) is 0 Å². The minimum absolute atomic E-state index is 0.0870. The fraction of sp³-hybridized carbons (Fsp3) is 0.582. The molecule has 0 bridgehead atoms. The van der Waals surface area contributed by atoms with E-state index in [4.69, 9.17) is 9.47 Å². The summed E-state index contributed by atoms with van der Waals surface area (Å²) in [5.74, 6) is -0.628. The highest BCUT2D eigenvalue weighted by Gasteiger charge is 2.16. The van der Waals surface area contributed by atoms with Crippen LogP contribution in [0.5, 0.6) is 0 Å². The fourth-order valence-electron chi connectivity index (χ4n) is 7.54. The zero-order valence-corrected chi connectivity index (χ0v) is 46.1. The number of esters is 2. The molecule has 0 aliphatic carbocycles. The Kier molecular flexibility index (Phi) is 57.0. The molecule has 0 amide bonds. The van der Waals surface area contributed by atoms with Gasteiger partial charge in [0.2, 0.25) is 0 Å². The van der Waals surface area contributed by atoms with Crippen LogP contribution in [-0.2, 0) is 19.1 Å². The van der Waals surface area contributed by atoms with E-state index < -0.39 is 6.10 Å². The summed E-state index contributed by atoms with van der Waals surface area (Å²) in [6, 6.07) is 0. The number of carbonyl (C=O) groups is 2. The smallest absolute Gasteiger partial charge is 0.306 e. The minimum Gasteiger partial charge on any atom is -0.462 e. The first kappa shape index (κ1) is 67.5. The first-order chi connectivity index (χ1) is 35.6. The van der Waals surface area contributed by atoms with Crippen molar-refractivity contribution in [1.29, 1.82) is 0 Å². The van der Waals surface area contributed by atoms with Crippen molar-refractivity contribution in [2.24, 2.45) is 0 Å². The number of hydrogen-bond acceptors (Lipinski definition) is 5. The molecule has 0 rings (SSSR count). The molecule has 404 valence electrons. The molecule has 0 aromatic heterocycles. The third-order valence-corrected chi connectivity index (χ3v) is 11.8. The van der Waals surface area contributed by atoms with Gasteiger partial charge in [-0.2, -0.15) is 0 Å². The second-order valence-corrected chi connectivity index (χ2v) is 18.6. The predicted molar refractivity (Wildman–Crippen MR) is 315 cm³/mol. The van der Waals surface area contributed by atoms with Gasteiger partial charge in [0.1, 0.15) is 6.61 Å². The Morgan fingerprint density at radius 3 is 0.833 bits per heavy atom. The Balaban J connectivity index is 3.57. The highest BCUT2D eigenvalue weighted by atomic mass is 16.6. The van der Waals surface area contributed by atoms with Crippen molar-refractivity contribution in [1.82, 2.24) is 0 Å². The number of hydrogen-bond donors (Lipinski definition) is 1. The van der Waals surface area contributed by atoms with E-state index in [2.05, 4.69) is 172 Å². The largest absolute Gasteiger partial charge is 0.462 e. The molecule has 0 spiro atoms. The van der Waals surface area contributed by atoms with E-state index in [1.54, 1.807) is 0 Å². The maximum absolute atomic E-state index is 12.3. The van der Waals surface area contributed by atoms with Crippen LogP contribution < -0.4 is 0 Å². The van der Waals surface area contributed by atoms with Crippen molar-refractivity contribution in [3.8, 4) is 0 Å². The summed E-state index contributed by atoms with van der Waals surface area (Å²) in [4.78, 5) is 24.5. The summed E-state index contributed by atoms with van der Waals surface area (Å²) in [6.07, 6.45) is 93.6. The minimum atomic E-state index is -0.793. The Labute approximate surface area is 443 Å². The first-order valence-electron chi connectivity index (χ1n) is 29.0. The van der Waals surface area contributed by atoms with Crippen LogP contribution in [-0.4, -0.2) is 36.4 Å². The Morgan fingerprint density at radius 2 is 0.556 bits per heavy atom. The molecule has 0 aromatic carbocycles. The van der Waals surface area contributed by atoms with Crippen molar-refractivity contribution in [2.75, 3.05) is 13.2 Å². The highest BCUT2D eigenvalue weighted by Crippen LogP contribution is 2.15. The summed E-state index contributed by atoms with van der Waals surface area (Å²) >= 11 is 0. The summed E-state index contributed by atoms with van der Waals surface area (Å²) in [7, 11) is 0. The van der Waals surface area contributed by atoms with Gasteiger partial charge in [-0.1, -0.05) is 255 Å². The van der Waals surface area contributed by atoms with Gasteiger partial charge >= 0.3 is 11.9 Å². The van der Waals surface area contributed by atoms with E-state index in [0.29, 0.717) is 12.8 Å². The number of rotatable bonds is 51. The van der Waals surface area contributed by atoms with Crippen molar-refractivity contribution >= 4 is 11.9 Å². The molecule has 0 aromatic rings. The van der Waals surface area contributed by atoms with E-state index >= 15 is 0 Å². The van der Waals surface area contributed by atoms with Gasteiger partial charge in [0.15, 0.2) is 6.10 Å². The molecule has 1 unspecified atom stereocenters. The van der Waals surface area contributed by atoms with Crippen LogP contribution in [0, 0.1) is 0 Å². The maximum Gasteiger partial charge on any atom is 0.306 e. The third kappa shape index (κ3) is 58.1. The number of allylic oxidation sites excluding steroid dienone is 26. The van der Waals surface area contributed by atoms with E-state index in [-0.39, 0.29) is 25.2 Å². The Morgan fingerprint density at radius 1 is 0.319 bits per heavy atom. The van der Waals surface area contributed by atoms with Crippen LogP contribution in [0.25, 0.3) is 0 Å². The number of aliphatic hydroxyl groups is 1. The molecule has 1 atom stereocenters. The van der Waals surface area contributed by atoms with Gasteiger partial charge in [-0.15, -0.1) is 0 Å². The van der Waals surface area contributed by atoms with Crippen LogP contribution >= 0.6 is 0 Å². The van der Waals surface area contributed by atoms with Crippen LogP contribution in [0.1, 0.15) is 232 Å². The molecule has 5 heteroatoms. The summed E-state index contributed by atoms with van der Waals surface area (Å²) in [6.45, 7) is 3.88. The van der Waals surface area contributed by atoms with Crippen molar-refractivity contribution in [2.45, 2.75) is 238 Å². The lowest BCUT2D eigenvalue weighted by molar-refractivity contribution is -0.161. The van der Waals surface area contributed by atoms with Gasteiger partial charge in [-0.05, 0) is 122 Å². The molecule has 0 aliphatic heterocycles. The summed E-state index contributed by atoms with van der Waals surface area (Å²) in [5.41, 5.74) is 0. The Hall–Kier alpha value is -4.48. The van der Waals surface area contributed by atoms with Gasteiger partial charge in [-0.25, -0.2) is 0 Å². The molecule has 5 nitrogen and oxygen atoms in total. The monoisotopic (exact) mass is 991 g/mol. The molecule has 0 fully saturated rings. The predicted octanol–water partition coefficient (Wildman–Crippen LogP) is 20.0. The second-order valence-electron chi connectivity index (χ2n) is 18.6. The average molecular weight is 992 g/mol. The number of ether oxygens (including phenoxy) is 2. The van der Waals surface area contributed by atoms with Gasteiger partial charge in [0.25, 0.3) is 0 Å². The SMILES string of the molecule is CC/C=C\C/C=C\C/C=C\C/C=C\C/C=C\C/C=C\C/C=C\C/C=C\C/C=C\CCCCCCCCCCCCCCCC(=O)OC(CO)COC(=O)CCCCCC/C=C\C/C=C\C/C=C\C/C=C\CC. The molecule has 0 heterocycles. The zero-order valence-electron chi connectivity index (χ0n) is 46.1. The van der Waals surface area contributed by atoms with Gasteiger partial charge in [-0.3, -0.25) is 9.59 Å². The standard InChI is InChI=1S/C67H106O5/c1-3-5-7-9-11-13-15-17-19-21-22-23-24-25-26-27-28-29-30-31-32-33-34-35-36-37-38-39-40-41-42-43-44-46-48-50-52-54-56-58-60-62-67(70)72-65(63-68)64-71-66(69)61-59-57-55-53-51-49-47-45-20-18-16-14-12-10-8-6-4-2/h5-8,11-14,17-20,22-23,25-26,28-29,31-32,34-35,37-38,47,49,65,68H,3-4,9-10,15-16,21,24,27,30,33,36,39-46,48,50-64H2,1-2H3/b7-5-,8-6-,13-11-,14-12-,19-17-,20-18-,23-22-,26-25-,29-28-,32-31-,35-34-,38-37-,49-47-. The Bertz CT molecular complexity index is 1590. The summed E-state index contributed by atoms with van der Waals surface area (Å²) in [5, 5.41) is 9.64. The zero-order chi connectivity index (χ0) is 52.0. The van der Waals surface area contributed by atoms with Crippen LogP contribution in [0.15, 0.2) is 158 Å². The van der Waals surface area contributed by atoms with Gasteiger partial charge < -0.3 is 14.6 Å². The lowest BCUT2D eigenvalue weighted by atomic mass is 10.0. The van der Waals surface area contributed by atoms with Gasteiger partial charge in [0.05, 0.1) is 6.61 Å². The van der Waals surface area contributed by atoms with E-state index in [9.17, 15) is 14.7 Å². The maximum atomic E-state index is 12.3. The van der Waals surface area contributed by atoms with Crippen molar-refractivity contribution in [3.05, 3.63) is 158 Å². The molecule has 0 saturated carbocycles. The van der Waals surface area contributed by atoms with Crippen LogP contribution in [0.3, 0.4) is 0 Å². The van der Waals surface area contributed by atoms with E-state index in [1.165, 1.54) is 70.6 Å². The average Bonchev–Trinajstić information content (AvgIpc) is 3.38. The van der Waals surface area contributed by atoms with Gasteiger partial charge in [0, 0.05) is 12.8 Å². The van der Waals surface area contributed by atoms with Crippen molar-refractivity contribution < 1.29 is 24.2 Å². The van der Waals surface area contributed by atoms with Crippen molar-refractivity contribution in [3.63, 3.8) is 0 Å².